The normalized spacial score (nSPS) is 12.1. The van der Waals surface area contributed by atoms with Crippen molar-refractivity contribution in [1.29, 1.82) is 0 Å². The molecule has 2 heterocycles. The van der Waals surface area contributed by atoms with Gasteiger partial charge in [0.15, 0.2) is 11.3 Å². The van der Waals surface area contributed by atoms with E-state index in [1.54, 1.807) is 42.6 Å². The zero-order valence-corrected chi connectivity index (χ0v) is 19.2. The van der Waals surface area contributed by atoms with E-state index in [1.807, 2.05) is 0 Å². The van der Waals surface area contributed by atoms with Gasteiger partial charge in [-0.15, -0.1) is 0 Å². The minimum Gasteiger partial charge on any atom is -0.486 e. The molecule has 4 rings (SSSR count). The lowest BCUT2D eigenvalue weighted by atomic mass is 10.1. The summed E-state index contributed by atoms with van der Waals surface area (Å²) in [7, 11) is 0. The van der Waals surface area contributed by atoms with E-state index in [1.165, 1.54) is 0 Å². The van der Waals surface area contributed by atoms with Gasteiger partial charge in [0.1, 0.15) is 23.3 Å². The number of anilines is 1. The first-order chi connectivity index (χ1) is 15.7. The number of pyridine rings is 1. The standard InChI is InChI=1S/C22H17Cl3N4O4/c23-14-3-10(5-16(27)22(30)31)4-15(24)20(14)32-9-12-6-13(26)7-17-19(12)33-21(29-17)11-1-2-18(25)28-8-11/h1-4,6-8,16H,5,9,26-27H2,(H,30,31)/t16-/m0/s1. The number of aliphatic carboxylic acids is 1. The van der Waals surface area contributed by atoms with Crippen molar-refractivity contribution in [2.45, 2.75) is 19.1 Å². The fraction of sp³-hybridized carbons (Fsp3) is 0.136. The summed E-state index contributed by atoms with van der Waals surface area (Å²) in [6.45, 7) is 0.0441. The molecular formula is C22H17Cl3N4O4. The molecule has 0 amide bonds. The molecule has 0 saturated heterocycles. The number of oxazole rings is 1. The van der Waals surface area contributed by atoms with Gasteiger partial charge in [-0.1, -0.05) is 34.8 Å². The lowest BCUT2D eigenvalue weighted by Crippen LogP contribution is -2.32. The van der Waals surface area contributed by atoms with Crippen molar-refractivity contribution in [3.05, 3.63) is 68.9 Å². The summed E-state index contributed by atoms with van der Waals surface area (Å²) < 4.78 is 11.8. The Bertz CT molecular complexity index is 1320. The lowest BCUT2D eigenvalue weighted by molar-refractivity contribution is -0.138. The highest BCUT2D eigenvalue weighted by atomic mass is 35.5. The number of rotatable bonds is 7. The second-order valence-electron chi connectivity index (χ2n) is 7.24. The Balaban J connectivity index is 1.60. The van der Waals surface area contributed by atoms with Crippen LogP contribution in [0.4, 0.5) is 5.69 Å². The first-order valence-corrected chi connectivity index (χ1v) is 10.7. The summed E-state index contributed by atoms with van der Waals surface area (Å²) >= 11 is 18.5. The first-order valence-electron chi connectivity index (χ1n) is 9.61. The molecule has 0 saturated carbocycles. The summed E-state index contributed by atoms with van der Waals surface area (Å²) in [5.41, 5.74) is 15.0. The van der Waals surface area contributed by atoms with Crippen molar-refractivity contribution in [2.75, 3.05) is 5.73 Å². The topological polar surface area (TPSA) is 137 Å². The highest BCUT2D eigenvalue weighted by molar-refractivity contribution is 6.37. The van der Waals surface area contributed by atoms with Gasteiger partial charge in [0.2, 0.25) is 5.89 Å². The van der Waals surface area contributed by atoms with Gasteiger partial charge in [-0.2, -0.15) is 0 Å². The van der Waals surface area contributed by atoms with Gasteiger partial charge in [0, 0.05) is 17.4 Å². The van der Waals surface area contributed by atoms with Gasteiger partial charge in [0.25, 0.3) is 0 Å². The fourth-order valence-corrected chi connectivity index (χ4v) is 3.97. The highest BCUT2D eigenvalue weighted by Crippen LogP contribution is 2.36. The number of ether oxygens (including phenoxy) is 1. The zero-order chi connectivity index (χ0) is 23.7. The predicted molar refractivity (Wildman–Crippen MR) is 127 cm³/mol. The van der Waals surface area contributed by atoms with Gasteiger partial charge in [-0.3, -0.25) is 4.79 Å². The van der Waals surface area contributed by atoms with Crippen molar-refractivity contribution in [2.24, 2.45) is 5.73 Å². The van der Waals surface area contributed by atoms with Gasteiger partial charge in [-0.05, 0) is 48.4 Å². The van der Waals surface area contributed by atoms with Crippen molar-refractivity contribution in [3.63, 3.8) is 0 Å². The largest absolute Gasteiger partial charge is 0.486 e. The van der Waals surface area contributed by atoms with Crippen LogP contribution in [0, 0.1) is 0 Å². The number of carboxylic acid groups (broad SMARTS) is 1. The van der Waals surface area contributed by atoms with E-state index >= 15 is 0 Å². The fourth-order valence-electron chi connectivity index (χ4n) is 3.22. The first kappa shape index (κ1) is 23.1. The third-order valence-corrected chi connectivity index (χ3v) is 5.55. The summed E-state index contributed by atoms with van der Waals surface area (Å²) in [6.07, 6.45) is 1.63. The molecule has 8 nitrogen and oxygen atoms in total. The molecule has 0 aliphatic carbocycles. The van der Waals surface area contributed by atoms with E-state index in [-0.39, 0.29) is 28.8 Å². The molecule has 0 aliphatic heterocycles. The monoisotopic (exact) mass is 506 g/mol. The Kier molecular flexibility index (Phi) is 6.62. The van der Waals surface area contributed by atoms with Gasteiger partial charge >= 0.3 is 5.97 Å². The minimum absolute atomic E-state index is 0.0441. The quantitative estimate of drug-likeness (QED) is 0.235. The van der Waals surface area contributed by atoms with Crippen LogP contribution in [0.5, 0.6) is 5.75 Å². The number of nitrogen functional groups attached to an aromatic ring is 1. The van der Waals surface area contributed by atoms with Crippen molar-refractivity contribution in [3.8, 4) is 17.2 Å². The van der Waals surface area contributed by atoms with E-state index < -0.39 is 12.0 Å². The number of nitrogens with zero attached hydrogens (tertiary/aromatic N) is 2. The van der Waals surface area contributed by atoms with Crippen LogP contribution in [0.3, 0.4) is 0 Å². The number of carbonyl (C=O) groups is 1. The number of fused-ring (bicyclic) bond motifs is 1. The van der Waals surface area contributed by atoms with Gasteiger partial charge < -0.3 is 25.7 Å². The Morgan fingerprint density at radius 1 is 1.15 bits per heavy atom. The van der Waals surface area contributed by atoms with Crippen LogP contribution in [0.15, 0.2) is 47.0 Å². The number of aromatic nitrogens is 2. The summed E-state index contributed by atoms with van der Waals surface area (Å²) in [5, 5.41) is 9.80. The molecule has 0 aliphatic rings. The van der Waals surface area contributed by atoms with Crippen LogP contribution < -0.4 is 16.2 Å². The van der Waals surface area contributed by atoms with E-state index in [9.17, 15) is 4.79 Å². The molecule has 0 spiro atoms. The summed E-state index contributed by atoms with van der Waals surface area (Å²) in [5.74, 6) is -0.520. The molecular weight excluding hydrogens is 491 g/mol. The Morgan fingerprint density at radius 2 is 1.88 bits per heavy atom. The summed E-state index contributed by atoms with van der Waals surface area (Å²) in [4.78, 5) is 19.5. The Morgan fingerprint density at radius 3 is 2.52 bits per heavy atom. The molecule has 170 valence electrons. The molecule has 0 bridgehead atoms. The maximum Gasteiger partial charge on any atom is 0.320 e. The third-order valence-electron chi connectivity index (χ3n) is 4.77. The van der Waals surface area contributed by atoms with Crippen LogP contribution in [0.1, 0.15) is 11.1 Å². The Labute approximate surface area is 203 Å². The number of carboxylic acids is 1. The van der Waals surface area contributed by atoms with Crippen LogP contribution >= 0.6 is 34.8 Å². The molecule has 0 fully saturated rings. The van der Waals surface area contributed by atoms with Crippen molar-refractivity contribution < 1.29 is 19.1 Å². The zero-order valence-electron chi connectivity index (χ0n) is 16.9. The van der Waals surface area contributed by atoms with E-state index in [2.05, 4.69) is 9.97 Å². The smallest absolute Gasteiger partial charge is 0.320 e. The highest BCUT2D eigenvalue weighted by Gasteiger charge is 2.18. The molecule has 2 aromatic carbocycles. The van der Waals surface area contributed by atoms with Gasteiger partial charge in [0.05, 0.1) is 15.6 Å². The average molecular weight is 508 g/mol. The van der Waals surface area contributed by atoms with E-state index in [4.69, 9.17) is 60.5 Å². The molecule has 33 heavy (non-hydrogen) atoms. The van der Waals surface area contributed by atoms with Gasteiger partial charge in [-0.25, -0.2) is 9.97 Å². The number of halogens is 3. The lowest BCUT2D eigenvalue weighted by Gasteiger charge is -2.13. The van der Waals surface area contributed by atoms with Crippen molar-refractivity contribution >= 4 is 57.6 Å². The van der Waals surface area contributed by atoms with Crippen LogP contribution in [0.2, 0.25) is 15.2 Å². The van der Waals surface area contributed by atoms with Crippen molar-refractivity contribution in [1.82, 2.24) is 9.97 Å². The number of hydrogen-bond acceptors (Lipinski definition) is 7. The minimum atomic E-state index is -1.12. The maximum absolute atomic E-state index is 11.0. The maximum atomic E-state index is 11.0. The molecule has 1 atom stereocenters. The second kappa shape index (κ2) is 9.44. The average Bonchev–Trinajstić information content (AvgIpc) is 3.17. The van der Waals surface area contributed by atoms with E-state index in [0.29, 0.717) is 44.5 Å². The number of hydrogen-bond donors (Lipinski definition) is 3. The number of nitrogens with two attached hydrogens (primary N) is 2. The molecule has 5 N–H and O–H groups in total. The molecule has 0 unspecified atom stereocenters. The second-order valence-corrected chi connectivity index (χ2v) is 8.44. The van der Waals surface area contributed by atoms with Crippen LogP contribution in [-0.2, 0) is 17.8 Å². The van der Waals surface area contributed by atoms with E-state index in [0.717, 1.165) is 0 Å². The predicted octanol–water partition coefficient (Wildman–Crippen LogP) is 4.97. The molecule has 11 heteroatoms. The molecule has 4 aromatic rings. The SMILES string of the molecule is Nc1cc(COc2c(Cl)cc(C[C@H](N)C(=O)O)cc2Cl)c2oc(-c3ccc(Cl)nc3)nc2c1. The number of benzene rings is 2. The van der Waals surface area contributed by atoms with Crippen LogP contribution in [-0.4, -0.2) is 27.1 Å². The molecule has 0 radical (unpaired) electrons. The Hall–Kier alpha value is -3.04. The molecule has 2 aromatic heterocycles. The van der Waals surface area contributed by atoms with Crippen LogP contribution in [0.25, 0.3) is 22.6 Å². The summed E-state index contributed by atoms with van der Waals surface area (Å²) in [6, 6.07) is 8.86. The third kappa shape index (κ3) is 5.15.